The molecule has 0 bridgehead atoms. The Balaban J connectivity index is 1.73. The Hall–Kier alpha value is -2.73. The van der Waals surface area contributed by atoms with Gasteiger partial charge in [-0.25, -0.2) is 0 Å². The molecular formula is C21H27N3O3. The van der Waals surface area contributed by atoms with Gasteiger partial charge < -0.3 is 15.4 Å². The molecule has 0 atom stereocenters. The molecule has 1 aromatic heterocycles. The number of methoxy groups -OCH3 is 1. The van der Waals surface area contributed by atoms with E-state index in [4.69, 9.17) is 4.74 Å². The van der Waals surface area contributed by atoms with E-state index in [0.29, 0.717) is 35.6 Å². The molecule has 144 valence electrons. The van der Waals surface area contributed by atoms with Gasteiger partial charge in [-0.05, 0) is 54.8 Å². The number of ether oxygens (including phenoxy) is 1. The SMILES string of the molecule is COc1cc(C=O)cc(C(=O)NCCCNCc2ccnc(C(C)C)c2)c1. The highest BCUT2D eigenvalue weighted by Gasteiger charge is 2.08. The number of carbonyl (C=O) groups is 2. The second kappa shape index (κ2) is 10.4. The predicted molar refractivity (Wildman–Crippen MR) is 105 cm³/mol. The van der Waals surface area contributed by atoms with Crippen LogP contribution in [0.4, 0.5) is 0 Å². The van der Waals surface area contributed by atoms with Gasteiger partial charge in [0.15, 0.2) is 0 Å². The zero-order chi connectivity index (χ0) is 19.6. The van der Waals surface area contributed by atoms with Crippen molar-refractivity contribution in [1.29, 1.82) is 0 Å². The van der Waals surface area contributed by atoms with Gasteiger partial charge in [-0.2, -0.15) is 0 Å². The summed E-state index contributed by atoms with van der Waals surface area (Å²) in [6.45, 7) is 6.37. The van der Waals surface area contributed by atoms with Crippen molar-refractivity contribution in [3.8, 4) is 5.75 Å². The van der Waals surface area contributed by atoms with Crippen molar-refractivity contribution in [3.05, 3.63) is 58.9 Å². The Kier molecular flexibility index (Phi) is 7.95. The van der Waals surface area contributed by atoms with Crippen LogP contribution in [0.25, 0.3) is 0 Å². The summed E-state index contributed by atoms with van der Waals surface area (Å²) < 4.78 is 5.12. The molecule has 2 rings (SSSR count). The topological polar surface area (TPSA) is 80.3 Å². The predicted octanol–water partition coefficient (Wildman–Crippen LogP) is 2.94. The van der Waals surface area contributed by atoms with Gasteiger partial charge in [-0.3, -0.25) is 14.6 Å². The summed E-state index contributed by atoms with van der Waals surface area (Å²) in [5, 5.41) is 6.24. The summed E-state index contributed by atoms with van der Waals surface area (Å²) in [6.07, 6.45) is 3.35. The van der Waals surface area contributed by atoms with Crippen LogP contribution in [-0.2, 0) is 6.54 Å². The summed E-state index contributed by atoms with van der Waals surface area (Å²) in [6, 6.07) is 8.90. The molecule has 2 N–H and O–H groups in total. The zero-order valence-corrected chi connectivity index (χ0v) is 16.1. The number of aldehydes is 1. The second-order valence-electron chi connectivity index (χ2n) is 6.64. The minimum Gasteiger partial charge on any atom is -0.497 e. The van der Waals surface area contributed by atoms with Gasteiger partial charge in [-0.1, -0.05) is 13.8 Å². The Morgan fingerprint density at radius 1 is 1.22 bits per heavy atom. The summed E-state index contributed by atoms with van der Waals surface area (Å²) in [4.78, 5) is 27.5. The second-order valence-corrected chi connectivity index (χ2v) is 6.64. The molecule has 0 unspecified atom stereocenters. The van der Waals surface area contributed by atoms with Crippen LogP contribution < -0.4 is 15.4 Å². The maximum atomic E-state index is 12.2. The Morgan fingerprint density at radius 2 is 2.04 bits per heavy atom. The van der Waals surface area contributed by atoms with Crippen LogP contribution in [0.15, 0.2) is 36.5 Å². The largest absolute Gasteiger partial charge is 0.497 e. The van der Waals surface area contributed by atoms with E-state index in [2.05, 4.69) is 35.5 Å². The molecule has 1 heterocycles. The average molecular weight is 369 g/mol. The van der Waals surface area contributed by atoms with E-state index in [1.54, 1.807) is 18.2 Å². The van der Waals surface area contributed by atoms with Gasteiger partial charge in [0.05, 0.1) is 7.11 Å². The van der Waals surface area contributed by atoms with E-state index in [0.717, 1.165) is 25.2 Å². The van der Waals surface area contributed by atoms with Gasteiger partial charge in [0.2, 0.25) is 0 Å². The fourth-order valence-corrected chi connectivity index (χ4v) is 2.61. The first kappa shape index (κ1) is 20.6. The average Bonchev–Trinajstić information content (AvgIpc) is 2.70. The lowest BCUT2D eigenvalue weighted by atomic mass is 10.1. The van der Waals surface area contributed by atoms with Gasteiger partial charge in [0.25, 0.3) is 5.91 Å². The Bertz CT molecular complexity index is 775. The zero-order valence-electron chi connectivity index (χ0n) is 16.1. The number of hydrogen-bond donors (Lipinski definition) is 2. The molecule has 1 aromatic carbocycles. The number of hydrogen-bond acceptors (Lipinski definition) is 5. The van der Waals surface area contributed by atoms with Crippen LogP contribution in [0.5, 0.6) is 5.75 Å². The fourth-order valence-electron chi connectivity index (χ4n) is 2.61. The molecule has 2 aromatic rings. The van der Waals surface area contributed by atoms with E-state index in [1.165, 1.54) is 12.7 Å². The summed E-state index contributed by atoms with van der Waals surface area (Å²) in [7, 11) is 1.50. The Labute approximate surface area is 160 Å². The molecule has 0 saturated heterocycles. The van der Waals surface area contributed by atoms with E-state index in [-0.39, 0.29) is 5.91 Å². The molecular weight excluding hydrogens is 342 g/mol. The number of pyridine rings is 1. The van der Waals surface area contributed by atoms with E-state index < -0.39 is 0 Å². The first-order valence-corrected chi connectivity index (χ1v) is 9.11. The van der Waals surface area contributed by atoms with E-state index >= 15 is 0 Å². The lowest BCUT2D eigenvalue weighted by Crippen LogP contribution is -2.27. The molecule has 0 spiro atoms. The van der Waals surface area contributed by atoms with Crippen molar-refractivity contribution in [2.45, 2.75) is 32.7 Å². The van der Waals surface area contributed by atoms with Crippen molar-refractivity contribution in [2.24, 2.45) is 0 Å². The third kappa shape index (κ3) is 6.49. The molecule has 0 aliphatic rings. The van der Waals surface area contributed by atoms with Crippen molar-refractivity contribution in [2.75, 3.05) is 20.2 Å². The maximum Gasteiger partial charge on any atom is 0.251 e. The molecule has 0 fully saturated rings. The monoisotopic (exact) mass is 369 g/mol. The highest BCUT2D eigenvalue weighted by Crippen LogP contribution is 2.16. The number of amides is 1. The number of nitrogens with one attached hydrogen (secondary N) is 2. The van der Waals surface area contributed by atoms with Crippen LogP contribution in [-0.4, -0.2) is 37.4 Å². The molecule has 0 aliphatic heterocycles. The molecule has 0 radical (unpaired) electrons. The summed E-state index contributed by atoms with van der Waals surface area (Å²) in [5.41, 5.74) is 3.13. The molecule has 1 amide bonds. The van der Waals surface area contributed by atoms with Crippen molar-refractivity contribution in [1.82, 2.24) is 15.6 Å². The van der Waals surface area contributed by atoms with Crippen LogP contribution in [0.2, 0.25) is 0 Å². The first-order chi connectivity index (χ1) is 13.0. The molecule has 0 aliphatic carbocycles. The number of benzene rings is 1. The fraction of sp³-hybridized carbons (Fsp3) is 0.381. The number of carbonyl (C=O) groups excluding carboxylic acids is 2. The minimum absolute atomic E-state index is 0.215. The van der Waals surface area contributed by atoms with Crippen LogP contribution in [0.3, 0.4) is 0 Å². The van der Waals surface area contributed by atoms with Crippen LogP contribution >= 0.6 is 0 Å². The van der Waals surface area contributed by atoms with E-state index in [9.17, 15) is 9.59 Å². The van der Waals surface area contributed by atoms with Crippen molar-refractivity contribution >= 4 is 12.2 Å². The molecule has 6 heteroatoms. The van der Waals surface area contributed by atoms with Gasteiger partial charge in [0.1, 0.15) is 12.0 Å². The first-order valence-electron chi connectivity index (χ1n) is 9.11. The smallest absolute Gasteiger partial charge is 0.251 e. The van der Waals surface area contributed by atoms with Crippen molar-refractivity contribution in [3.63, 3.8) is 0 Å². The standard InChI is InChI=1S/C21H27N3O3/c1-15(2)20-11-16(5-8-23-20)13-22-6-4-7-24-21(26)18-9-17(14-25)10-19(12-18)27-3/h5,8-12,14-15,22H,4,6-7,13H2,1-3H3,(H,24,26). The summed E-state index contributed by atoms with van der Waals surface area (Å²) >= 11 is 0. The molecule has 0 saturated carbocycles. The highest BCUT2D eigenvalue weighted by atomic mass is 16.5. The van der Waals surface area contributed by atoms with Crippen LogP contribution in [0, 0.1) is 0 Å². The molecule has 27 heavy (non-hydrogen) atoms. The van der Waals surface area contributed by atoms with Crippen LogP contribution in [0.1, 0.15) is 58.2 Å². The maximum absolute atomic E-state index is 12.2. The van der Waals surface area contributed by atoms with E-state index in [1.807, 2.05) is 12.3 Å². The Morgan fingerprint density at radius 3 is 2.74 bits per heavy atom. The third-order valence-corrected chi connectivity index (χ3v) is 4.14. The van der Waals surface area contributed by atoms with Gasteiger partial charge in [0, 0.05) is 36.1 Å². The van der Waals surface area contributed by atoms with Gasteiger partial charge >= 0.3 is 0 Å². The quantitative estimate of drug-likeness (QED) is 0.497. The number of nitrogens with zero attached hydrogens (tertiary/aromatic N) is 1. The molecule has 6 nitrogen and oxygen atoms in total. The van der Waals surface area contributed by atoms with Crippen molar-refractivity contribution < 1.29 is 14.3 Å². The number of rotatable bonds is 10. The lowest BCUT2D eigenvalue weighted by molar-refractivity contribution is 0.0953. The highest BCUT2D eigenvalue weighted by molar-refractivity contribution is 5.96. The van der Waals surface area contributed by atoms with Gasteiger partial charge in [-0.15, -0.1) is 0 Å². The number of aromatic nitrogens is 1. The third-order valence-electron chi connectivity index (χ3n) is 4.14. The normalized spacial score (nSPS) is 10.7. The summed E-state index contributed by atoms with van der Waals surface area (Å²) in [5.74, 6) is 0.689. The minimum atomic E-state index is -0.215. The lowest BCUT2D eigenvalue weighted by Gasteiger charge is -2.10.